The predicted octanol–water partition coefficient (Wildman–Crippen LogP) is 2.60. The molecular formula is C7H15NOS2. The van der Waals surface area contributed by atoms with Gasteiger partial charge in [0.1, 0.15) is 0 Å². The summed E-state index contributed by atoms with van der Waals surface area (Å²) in [5, 5.41) is 0. The molecule has 1 N–H and O–H groups in total. The molecule has 0 saturated heterocycles. The fourth-order valence-corrected chi connectivity index (χ4v) is 1.37. The molecule has 0 rings (SSSR count). The Balaban J connectivity index is 3.76. The molecule has 11 heavy (non-hydrogen) atoms. The number of hydrogen-bond donors (Lipinski definition) is 1. The van der Waals surface area contributed by atoms with Crippen molar-refractivity contribution in [2.45, 2.75) is 26.7 Å². The first-order valence-electron chi connectivity index (χ1n) is 3.86. The summed E-state index contributed by atoms with van der Waals surface area (Å²) in [7, 11) is 0. The van der Waals surface area contributed by atoms with Gasteiger partial charge < -0.3 is 9.45 Å². The summed E-state index contributed by atoms with van der Waals surface area (Å²) in [5.74, 6) is 0. The molecule has 0 aliphatic carbocycles. The van der Waals surface area contributed by atoms with E-state index in [9.17, 15) is 0 Å². The quantitative estimate of drug-likeness (QED) is 0.547. The van der Waals surface area contributed by atoms with Gasteiger partial charge in [0.15, 0.2) is 4.32 Å². The van der Waals surface area contributed by atoms with Crippen molar-refractivity contribution in [2.75, 3.05) is 13.1 Å². The molecule has 0 aliphatic rings. The Morgan fingerprint density at radius 1 is 1.36 bits per heavy atom. The normalized spacial score (nSPS) is 9.73. The molecule has 0 bridgehead atoms. The van der Waals surface area contributed by atoms with Crippen molar-refractivity contribution < 1.29 is 4.55 Å². The summed E-state index contributed by atoms with van der Waals surface area (Å²) < 4.78 is 9.28. The van der Waals surface area contributed by atoms with E-state index in [1.54, 1.807) is 0 Å². The molecule has 0 amide bonds. The number of hydrogen-bond acceptors (Lipinski definition) is 3. The minimum Gasteiger partial charge on any atom is -0.356 e. The molecule has 0 spiro atoms. The van der Waals surface area contributed by atoms with E-state index in [1.807, 2.05) is 4.90 Å². The Kier molecular flexibility index (Phi) is 7.01. The maximum atomic E-state index is 8.69. The zero-order chi connectivity index (χ0) is 8.69. The Labute approximate surface area is 78.2 Å². The topological polar surface area (TPSA) is 23.5 Å². The highest BCUT2D eigenvalue weighted by Gasteiger charge is 2.05. The monoisotopic (exact) mass is 193 g/mol. The van der Waals surface area contributed by atoms with Crippen LogP contribution in [0, 0.1) is 0 Å². The molecule has 0 atom stereocenters. The summed E-state index contributed by atoms with van der Waals surface area (Å²) in [4.78, 5) is 2.03. The number of thiocarbonyl (C=S) groups is 1. The first kappa shape index (κ1) is 11.2. The third kappa shape index (κ3) is 4.61. The molecule has 0 aromatic rings. The Morgan fingerprint density at radius 3 is 2.09 bits per heavy atom. The Bertz CT molecular complexity index is 113. The molecule has 2 nitrogen and oxygen atoms in total. The summed E-state index contributed by atoms with van der Waals surface area (Å²) in [6.07, 6.45) is 2.14. The summed E-state index contributed by atoms with van der Waals surface area (Å²) in [6, 6.07) is 0. The Morgan fingerprint density at radius 2 is 1.82 bits per heavy atom. The van der Waals surface area contributed by atoms with Crippen LogP contribution in [0.4, 0.5) is 0 Å². The van der Waals surface area contributed by atoms with E-state index in [1.165, 1.54) is 0 Å². The van der Waals surface area contributed by atoms with Gasteiger partial charge in [-0.2, -0.15) is 0 Å². The number of nitrogens with zero attached hydrogens (tertiary/aromatic N) is 1. The highest BCUT2D eigenvalue weighted by Crippen LogP contribution is 2.06. The van der Waals surface area contributed by atoms with E-state index in [-0.39, 0.29) is 0 Å². The largest absolute Gasteiger partial charge is 0.356 e. The fraction of sp³-hybridized carbons (Fsp3) is 0.857. The highest BCUT2D eigenvalue weighted by atomic mass is 32.2. The lowest BCUT2D eigenvalue weighted by Gasteiger charge is -2.21. The molecule has 0 unspecified atom stereocenters. The van der Waals surface area contributed by atoms with Gasteiger partial charge >= 0.3 is 0 Å². The van der Waals surface area contributed by atoms with Crippen molar-refractivity contribution in [1.29, 1.82) is 0 Å². The maximum Gasteiger partial charge on any atom is 0.163 e. The van der Waals surface area contributed by atoms with E-state index in [4.69, 9.17) is 16.8 Å². The molecular weight excluding hydrogens is 178 g/mol. The van der Waals surface area contributed by atoms with Crippen molar-refractivity contribution in [3.8, 4) is 0 Å². The molecule has 0 radical (unpaired) electrons. The third-order valence-electron chi connectivity index (χ3n) is 1.32. The van der Waals surface area contributed by atoms with Crippen molar-refractivity contribution >= 4 is 28.6 Å². The molecule has 4 heteroatoms. The molecule has 0 aromatic heterocycles. The molecule has 0 heterocycles. The van der Waals surface area contributed by atoms with Crippen molar-refractivity contribution in [2.24, 2.45) is 0 Å². The number of rotatable bonds is 4. The van der Waals surface area contributed by atoms with Crippen LogP contribution in [-0.2, 0) is 0 Å². The van der Waals surface area contributed by atoms with E-state index >= 15 is 0 Å². The second-order valence-electron chi connectivity index (χ2n) is 2.34. The lowest BCUT2D eigenvalue weighted by atomic mass is 10.4. The minimum atomic E-state index is 0.591. The summed E-state index contributed by atoms with van der Waals surface area (Å²) in [5.41, 5.74) is 0. The Hall–Kier alpha value is 0.200. The molecule has 0 aromatic carbocycles. The second-order valence-corrected chi connectivity index (χ2v) is 3.56. The lowest BCUT2D eigenvalue weighted by Crippen LogP contribution is -2.28. The van der Waals surface area contributed by atoms with Crippen LogP contribution in [0.25, 0.3) is 0 Å². The average Bonchev–Trinajstić information content (AvgIpc) is 2.03. The van der Waals surface area contributed by atoms with Gasteiger partial charge in [0.05, 0.1) is 12.0 Å². The van der Waals surface area contributed by atoms with Crippen LogP contribution in [-0.4, -0.2) is 26.9 Å². The third-order valence-corrected chi connectivity index (χ3v) is 2.22. The van der Waals surface area contributed by atoms with Gasteiger partial charge in [-0.1, -0.05) is 26.1 Å². The van der Waals surface area contributed by atoms with Gasteiger partial charge in [0.25, 0.3) is 0 Å². The summed E-state index contributed by atoms with van der Waals surface area (Å²) in [6.45, 7) is 6.10. The van der Waals surface area contributed by atoms with Gasteiger partial charge in [-0.25, -0.2) is 0 Å². The van der Waals surface area contributed by atoms with Gasteiger partial charge in [0, 0.05) is 13.1 Å². The fourth-order valence-electron chi connectivity index (χ4n) is 0.892. The van der Waals surface area contributed by atoms with Gasteiger partial charge in [-0.3, -0.25) is 0 Å². The SMILES string of the molecule is CCCN(CCC)C(=S)SO. The minimum absolute atomic E-state index is 0.591. The van der Waals surface area contributed by atoms with Gasteiger partial charge in [0.2, 0.25) is 0 Å². The molecule has 0 fully saturated rings. The smallest absolute Gasteiger partial charge is 0.163 e. The molecule has 0 saturated carbocycles. The van der Waals surface area contributed by atoms with Crippen molar-refractivity contribution in [3.05, 3.63) is 0 Å². The zero-order valence-electron chi connectivity index (χ0n) is 7.04. The standard InChI is InChI=1S/C7H15NOS2/c1-3-5-8(6-4-2)7(10)11-9/h9H,3-6H2,1-2H3. The van der Waals surface area contributed by atoms with E-state index in [0.717, 1.165) is 25.9 Å². The van der Waals surface area contributed by atoms with Crippen LogP contribution in [0.1, 0.15) is 26.7 Å². The van der Waals surface area contributed by atoms with Crippen LogP contribution >= 0.6 is 24.3 Å². The van der Waals surface area contributed by atoms with Gasteiger partial charge in [-0.15, -0.1) is 0 Å². The summed E-state index contributed by atoms with van der Waals surface area (Å²) >= 11 is 5.62. The molecule has 66 valence electrons. The predicted molar refractivity (Wildman–Crippen MR) is 55.0 cm³/mol. The van der Waals surface area contributed by atoms with Crippen LogP contribution in [0.15, 0.2) is 0 Å². The van der Waals surface area contributed by atoms with Crippen molar-refractivity contribution in [3.63, 3.8) is 0 Å². The average molecular weight is 193 g/mol. The van der Waals surface area contributed by atoms with Crippen LogP contribution < -0.4 is 0 Å². The van der Waals surface area contributed by atoms with Gasteiger partial charge in [-0.05, 0) is 12.8 Å². The van der Waals surface area contributed by atoms with Crippen LogP contribution in [0.3, 0.4) is 0 Å². The van der Waals surface area contributed by atoms with Crippen LogP contribution in [0.2, 0.25) is 0 Å². The van der Waals surface area contributed by atoms with E-state index in [0.29, 0.717) is 16.4 Å². The maximum absolute atomic E-state index is 8.69. The van der Waals surface area contributed by atoms with Crippen LogP contribution in [0.5, 0.6) is 0 Å². The first-order chi connectivity index (χ1) is 5.26. The highest BCUT2D eigenvalue weighted by molar-refractivity contribution is 8.19. The lowest BCUT2D eigenvalue weighted by molar-refractivity contribution is 0.429. The first-order valence-corrected chi connectivity index (χ1v) is 5.04. The van der Waals surface area contributed by atoms with Crippen molar-refractivity contribution in [1.82, 2.24) is 4.90 Å². The second kappa shape index (κ2) is 6.88. The zero-order valence-corrected chi connectivity index (χ0v) is 8.67. The molecule has 0 aliphatic heterocycles. The van der Waals surface area contributed by atoms with E-state index in [2.05, 4.69) is 13.8 Å². The van der Waals surface area contributed by atoms with E-state index < -0.39 is 0 Å².